The van der Waals surface area contributed by atoms with Crippen LogP contribution in [0.2, 0.25) is 0 Å². The van der Waals surface area contributed by atoms with Crippen LogP contribution in [0.1, 0.15) is 0 Å². The van der Waals surface area contributed by atoms with Crippen molar-refractivity contribution < 1.29 is 0 Å². The Bertz CT molecular complexity index is 3030. The van der Waals surface area contributed by atoms with Crippen molar-refractivity contribution in [2.24, 2.45) is 0 Å². The molecule has 0 bridgehead atoms. The van der Waals surface area contributed by atoms with Gasteiger partial charge in [0.2, 0.25) is 0 Å². The first-order valence-electron chi connectivity index (χ1n) is 15.7. The van der Waals surface area contributed by atoms with Crippen molar-refractivity contribution in [3.8, 4) is 17.2 Å². The molecular weight excluding hydrogens is 560 g/mol. The summed E-state index contributed by atoms with van der Waals surface area (Å²) in [5.74, 6) is 1.61. The molecule has 212 valence electrons. The zero-order valence-corrected chi connectivity index (χ0v) is 24.6. The molecule has 0 fully saturated rings. The van der Waals surface area contributed by atoms with E-state index in [9.17, 15) is 0 Å². The van der Waals surface area contributed by atoms with E-state index in [1.807, 2.05) is 0 Å². The Morgan fingerprint density at radius 3 is 1.87 bits per heavy atom. The Balaban J connectivity index is 1.34. The minimum absolute atomic E-state index is 0.720. The van der Waals surface area contributed by atoms with E-state index in [0.29, 0.717) is 0 Å². The van der Waals surface area contributed by atoms with Crippen molar-refractivity contribution in [1.82, 2.24) is 18.9 Å². The van der Waals surface area contributed by atoms with E-state index in [4.69, 9.17) is 9.97 Å². The van der Waals surface area contributed by atoms with Crippen LogP contribution in [-0.4, -0.2) is 18.9 Å². The molecule has 0 saturated heterocycles. The van der Waals surface area contributed by atoms with E-state index in [0.717, 1.165) is 39.1 Å². The molecule has 0 atom stereocenters. The van der Waals surface area contributed by atoms with Gasteiger partial charge >= 0.3 is 0 Å². The molecule has 0 aliphatic rings. The lowest BCUT2D eigenvalue weighted by Gasteiger charge is -2.13. The molecule has 7 aromatic carbocycles. The Kier molecular flexibility index (Phi) is 4.55. The molecule has 0 unspecified atom stereocenters. The number of fused-ring (bicyclic) bond motifs is 12. The highest BCUT2D eigenvalue weighted by Crippen LogP contribution is 2.46. The zero-order valence-electron chi connectivity index (χ0n) is 24.6. The molecule has 0 amide bonds. The number of aromatic nitrogens is 4. The SMILES string of the molecule is c1ccc2cc(-c3nc(-n4c5ccccc5c5c6c7ccccc7n7c8ccccc8c(cc54)c67)c4ccccc4n3)ccc2c1. The number of hydrogen-bond donors (Lipinski definition) is 0. The second-order valence-corrected chi connectivity index (χ2v) is 12.2. The molecule has 11 rings (SSSR count). The predicted octanol–water partition coefficient (Wildman–Crippen LogP) is 10.7. The highest BCUT2D eigenvalue weighted by Gasteiger charge is 2.25. The van der Waals surface area contributed by atoms with Gasteiger partial charge in [0.05, 0.1) is 33.1 Å². The number of benzene rings is 7. The highest BCUT2D eigenvalue weighted by molar-refractivity contribution is 6.35. The summed E-state index contributed by atoms with van der Waals surface area (Å²) in [5, 5.41) is 11.0. The first kappa shape index (κ1) is 24.1. The van der Waals surface area contributed by atoms with E-state index < -0.39 is 0 Å². The molecule has 4 nitrogen and oxygen atoms in total. The first-order chi connectivity index (χ1) is 22.8. The van der Waals surface area contributed by atoms with Crippen LogP contribution >= 0.6 is 0 Å². The lowest BCUT2D eigenvalue weighted by atomic mass is 10.0. The summed E-state index contributed by atoms with van der Waals surface area (Å²) in [6.07, 6.45) is 0. The van der Waals surface area contributed by atoms with Crippen molar-refractivity contribution in [3.05, 3.63) is 146 Å². The van der Waals surface area contributed by atoms with Gasteiger partial charge in [-0.1, -0.05) is 103 Å². The van der Waals surface area contributed by atoms with Crippen LogP contribution in [0.3, 0.4) is 0 Å². The molecular formula is C42H24N4. The summed E-state index contributed by atoms with van der Waals surface area (Å²) in [4.78, 5) is 10.5. The highest BCUT2D eigenvalue weighted by atomic mass is 15.1. The van der Waals surface area contributed by atoms with Crippen molar-refractivity contribution in [1.29, 1.82) is 0 Å². The summed E-state index contributed by atoms with van der Waals surface area (Å²) in [6.45, 7) is 0. The Labute approximate surface area is 262 Å². The lowest BCUT2D eigenvalue weighted by Crippen LogP contribution is -2.02. The maximum atomic E-state index is 5.41. The molecule has 0 spiro atoms. The van der Waals surface area contributed by atoms with Crippen LogP contribution in [0.25, 0.3) is 98.8 Å². The molecule has 4 heteroatoms. The van der Waals surface area contributed by atoms with Crippen LogP contribution in [0.15, 0.2) is 146 Å². The van der Waals surface area contributed by atoms with Crippen LogP contribution in [0.4, 0.5) is 0 Å². The third-order valence-corrected chi connectivity index (χ3v) is 9.81. The summed E-state index contributed by atoms with van der Waals surface area (Å²) in [6, 6.07) is 52.1. The average molecular weight is 585 g/mol. The average Bonchev–Trinajstić information content (AvgIpc) is 3.75. The van der Waals surface area contributed by atoms with Gasteiger partial charge in [0.25, 0.3) is 0 Å². The molecule has 0 saturated carbocycles. The van der Waals surface area contributed by atoms with Crippen molar-refractivity contribution in [2.45, 2.75) is 0 Å². The Morgan fingerprint density at radius 2 is 1.04 bits per heavy atom. The monoisotopic (exact) mass is 584 g/mol. The van der Waals surface area contributed by atoms with Crippen LogP contribution in [0, 0.1) is 0 Å². The number of nitrogens with zero attached hydrogens (tertiary/aromatic N) is 4. The van der Waals surface area contributed by atoms with E-state index in [1.165, 1.54) is 59.6 Å². The first-order valence-corrected chi connectivity index (χ1v) is 15.7. The van der Waals surface area contributed by atoms with E-state index in [1.54, 1.807) is 0 Å². The third-order valence-electron chi connectivity index (χ3n) is 9.81. The summed E-state index contributed by atoms with van der Waals surface area (Å²) < 4.78 is 4.83. The summed E-state index contributed by atoms with van der Waals surface area (Å²) >= 11 is 0. The largest absolute Gasteiger partial charge is 0.308 e. The Hall–Kier alpha value is -6.26. The van der Waals surface area contributed by atoms with Gasteiger partial charge in [-0.25, -0.2) is 9.97 Å². The summed E-state index contributed by atoms with van der Waals surface area (Å²) in [7, 11) is 0. The van der Waals surface area contributed by atoms with Gasteiger partial charge in [-0.05, 0) is 53.2 Å². The normalized spacial score (nSPS) is 12.3. The number of rotatable bonds is 2. The molecule has 0 N–H and O–H groups in total. The van der Waals surface area contributed by atoms with E-state index in [-0.39, 0.29) is 0 Å². The molecule has 4 heterocycles. The van der Waals surface area contributed by atoms with Gasteiger partial charge < -0.3 is 4.40 Å². The van der Waals surface area contributed by atoms with Gasteiger partial charge in [0.1, 0.15) is 5.82 Å². The molecule has 46 heavy (non-hydrogen) atoms. The quantitative estimate of drug-likeness (QED) is 0.203. The molecule has 0 aliphatic heterocycles. The minimum Gasteiger partial charge on any atom is -0.308 e. The number of hydrogen-bond acceptors (Lipinski definition) is 2. The predicted molar refractivity (Wildman–Crippen MR) is 191 cm³/mol. The van der Waals surface area contributed by atoms with Gasteiger partial charge in [-0.2, -0.15) is 0 Å². The van der Waals surface area contributed by atoms with Gasteiger partial charge in [-0.15, -0.1) is 0 Å². The van der Waals surface area contributed by atoms with Crippen molar-refractivity contribution >= 4 is 81.6 Å². The van der Waals surface area contributed by atoms with Crippen LogP contribution < -0.4 is 0 Å². The van der Waals surface area contributed by atoms with Gasteiger partial charge in [0, 0.05) is 43.3 Å². The smallest absolute Gasteiger partial charge is 0.162 e. The standard InChI is InChI=1S/C42H24N4/c1-2-12-26-23-27(22-21-25(26)11-1)41-43-33-17-7-3-14-29(33)42(44-41)46-36-20-10-5-15-30(36)38-37(46)24-32-28-13-4-8-18-34(28)45-35-19-9-6-16-31(35)39(38)40(32)45/h1-24H. The van der Waals surface area contributed by atoms with Crippen LogP contribution in [0.5, 0.6) is 0 Å². The minimum atomic E-state index is 0.720. The van der Waals surface area contributed by atoms with E-state index >= 15 is 0 Å². The molecule has 4 aromatic heterocycles. The van der Waals surface area contributed by atoms with Gasteiger partial charge in [0.15, 0.2) is 5.82 Å². The van der Waals surface area contributed by atoms with Gasteiger partial charge in [-0.3, -0.25) is 4.57 Å². The zero-order chi connectivity index (χ0) is 29.9. The van der Waals surface area contributed by atoms with Crippen molar-refractivity contribution in [3.63, 3.8) is 0 Å². The number of para-hydroxylation sites is 4. The van der Waals surface area contributed by atoms with Crippen molar-refractivity contribution in [2.75, 3.05) is 0 Å². The molecule has 0 aliphatic carbocycles. The fraction of sp³-hybridized carbons (Fsp3) is 0. The third kappa shape index (κ3) is 3.03. The molecule has 11 aromatic rings. The van der Waals surface area contributed by atoms with Crippen LogP contribution in [-0.2, 0) is 0 Å². The Morgan fingerprint density at radius 1 is 0.413 bits per heavy atom. The second kappa shape index (κ2) is 8.68. The van der Waals surface area contributed by atoms with E-state index in [2.05, 4.69) is 155 Å². The molecule has 0 radical (unpaired) electrons. The maximum absolute atomic E-state index is 5.41. The fourth-order valence-corrected chi connectivity index (χ4v) is 7.88. The topological polar surface area (TPSA) is 35.1 Å². The fourth-order valence-electron chi connectivity index (χ4n) is 7.88. The summed E-state index contributed by atoms with van der Waals surface area (Å²) in [5.41, 5.74) is 7.96. The maximum Gasteiger partial charge on any atom is 0.162 e. The lowest BCUT2D eigenvalue weighted by molar-refractivity contribution is 1.08. The second-order valence-electron chi connectivity index (χ2n) is 12.2.